The van der Waals surface area contributed by atoms with Gasteiger partial charge < -0.3 is 5.32 Å². The van der Waals surface area contributed by atoms with Crippen molar-refractivity contribution >= 4 is 23.5 Å². The summed E-state index contributed by atoms with van der Waals surface area (Å²) >= 11 is 0.815. The highest BCUT2D eigenvalue weighted by molar-refractivity contribution is 8.01. The molecular formula is C16H13F5N2OS. The van der Waals surface area contributed by atoms with Crippen LogP contribution in [0.5, 0.6) is 0 Å². The van der Waals surface area contributed by atoms with E-state index in [1.54, 1.807) is 0 Å². The second kappa shape index (κ2) is 6.99. The molecule has 134 valence electrons. The van der Waals surface area contributed by atoms with Crippen molar-refractivity contribution in [3.8, 4) is 0 Å². The highest BCUT2D eigenvalue weighted by Crippen LogP contribution is 2.35. The number of amides is 1. The van der Waals surface area contributed by atoms with Crippen molar-refractivity contribution in [2.75, 3.05) is 5.32 Å². The minimum Gasteiger partial charge on any atom is -0.309 e. The minimum absolute atomic E-state index is 0.0403. The molecule has 1 aromatic carbocycles. The van der Waals surface area contributed by atoms with Gasteiger partial charge in [0.1, 0.15) is 17.5 Å². The number of nitrogens with zero attached hydrogens (tertiary/aromatic N) is 1. The number of pyridine rings is 1. The third-order valence-electron chi connectivity index (χ3n) is 3.13. The van der Waals surface area contributed by atoms with Gasteiger partial charge in [0.2, 0.25) is 5.91 Å². The van der Waals surface area contributed by atoms with E-state index in [9.17, 15) is 26.7 Å². The Morgan fingerprint density at radius 2 is 1.80 bits per heavy atom. The number of carbonyl (C=O) groups is 1. The van der Waals surface area contributed by atoms with Crippen molar-refractivity contribution in [3.05, 3.63) is 53.7 Å². The maximum Gasteiger partial charge on any atom is 0.416 e. The molecule has 1 aromatic heterocycles. The molecule has 0 bridgehead atoms. The van der Waals surface area contributed by atoms with E-state index < -0.39 is 34.0 Å². The number of rotatable bonds is 4. The van der Waals surface area contributed by atoms with Gasteiger partial charge >= 0.3 is 6.18 Å². The molecule has 2 aromatic rings. The molecule has 0 atom stereocenters. The van der Waals surface area contributed by atoms with Crippen LogP contribution in [0.1, 0.15) is 19.4 Å². The van der Waals surface area contributed by atoms with Crippen LogP contribution < -0.4 is 5.32 Å². The fraction of sp³-hybridized carbons (Fsp3) is 0.250. The number of thioether (sulfide) groups is 1. The van der Waals surface area contributed by atoms with E-state index in [0.29, 0.717) is 12.1 Å². The Hall–Kier alpha value is -2.16. The summed E-state index contributed by atoms with van der Waals surface area (Å²) in [5, 5.41) is 2.28. The Morgan fingerprint density at radius 1 is 1.12 bits per heavy atom. The van der Waals surface area contributed by atoms with Crippen LogP contribution in [0, 0.1) is 11.6 Å². The van der Waals surface area contributed by atoms with E-state index in [0.717, 1.165) is 30.1 Å². The van der Waals surface area contributed by atoms with Crippen molar-refractivity contribution in [2.24, 2.45) is 0 Å². The Morgan fingerprint density at radius 3 is 2.40 bits per heavy atom. The quantitative estimate of drug-likeness (QED) is 0.610. The topological polar surface area (TPSA) is 42.0 Å². The number of benzene rings is 1. The fourth-order valence-corrected chi connectivity index (χ4v) is 2.81. The van der Waals surface area contributed by atoms with Gasteiger partial charge in [-0.05, 0) is 38.1 Å². The Kier molecular flexibility index (Phi) is 5.36. The van der Waals surface area contributed by atoms with E-state index in [2.05, 4.69) is 10.3 Å². The average molecular weight is 376 g/mol. The predicted molar refractivity (Wildman–Crippen MR) is 84.2 cm³/mol. The average Bonchev–Trinajstić information content (AvgIpc) is 2.49. The van der Waals surface area contributed by atoms with Crippen LogP contribution in [0.3, 0.4) is 0 Å². The number of hydrogen-bond donors (Lipinski definition) is 1. The second-order valence-electron chi connectivity index (χ2n) is 5.57. The molecular weight excluding hydrogens is 363 g/mol. The molecule has 1 amide bonds. The van der Waals surface area contributed by atoms with Crippen LogP contribution in [-0.2, 0) is 11.0 Å². The SMILES string of the molecule is CC(C)(Sc1ccc(F)cc1F)C(=O)Nc1cc(C(F)(F)F)ccn1. The van der Waals surface area contributed by atoms with Crippen LogP contribution in [-0.4, -0.2) is 15.6 Å². The van der Waals surface area contributed by atoms with E-state index >= 15 is 0 Å². The lowest BCUT2D eigenvalue weighted by Crippen LogP contribution is -2.34. The molecule has 0 spiro atoms. The zero-order valence-corrected chi connectivity index (χ0v) is 13.9. The summed E-state index contributed by atoms with van der Waals surface area (Å²) in [6.07, 6.45) is -3.64. The Labute approximate surface area is 144 Å². The lowest BCUT2D eigenvalue weighted by atomic mass is 10.2. The van der Waals surface area contributed by atoms with Crippen molar-refractivity contribution in [3.63, 3.8) is 0 Å². The zero-order chi connectivity index (χ0) is 18.8. The molecule has 0 aliphatic heterocycles. The van der Waals surface area contributed by atoms with Gasteiger partial charge in [0, 0.05) is 17.2 Å². The Balaban J connectivity index is 2.16. The number of hydrogen-bond acceptors (Lipinski definition) is 3. The second-order valence-corrected chi connectivity index (χ2v) is 7.23. The lowest BCUT2D eigenvalue weighted by Gasteiger charge is -2.23. The van der Waals surface area contributed by atoms with Gasteiger partial charge in [0.05, 0.1) is 10.3 Å². The first-order valence-electron chi connectivity index (χ1n) is 6.98. The highest BCUT2D eigenvalue weighted by atomic mass is 32.2. The van der Waals surface area contributed by atoms with Gasteiger partial charge in [-0.15, -0.1) is 11.8 Å². The molecule has 0 saturated heterocycles. The fourth-order valence-electron chi connectivity index (χ4n) is 1.82. The summed E-state index contributed by atoms with van der Waals surface area (Å²) < 4.78 is 63.5. The zero-order valence-electron chi connectivity index (χ0n) is 13.1. The maximum absolute atomic E-state index is 13.7. The molecule has 0 radical (unpaired) electrons. The third kappa shape index (κ3) is 4.91. The number of halogens is 5. The van der Waals surface area contributed by atoms with Gasteiger partial charge in [0.15, 0.2) is 0 Å². The van der Waals surface area contributed by atoms with Gasteiger partial charge in [-0.3, -0.25) is 4.79 Å². The smallest absolute Gasteiger partial charge is 0.309 e. The summed E-state index contributed by atoms with van der Waals surface area (Å²) in [5.41, 5.74) is -0.951. The standard InChI is InChI=1S/C16H13F5N2OS/c1-15(2,25-12-4-3-10(17)8-11(12)18)14(24)23-13-7-9(5-6-22-13)16(19,20)21/h3-8H,1-2H3,(H,22,23,24). The van der Waals surface area contributed by atoms with Crippen LogP contribution in [0.2, 0.25) is 0 Å². The number of carbonyl (C=O) groups excluding carboxylic acids is 1. The van der Waals surface area contributed by atoms with Gasteiger partial charge in [-0.25, -0.2) is 13.8 Å². The first-order chi connectivity index (χ1) is 11.5. The van der Waals surface area contributed by atoms with Gasteiger partial charge in [-0.1, -0.05) is 0 Å². The monoisotopic (exact) mass is 376 g/mol. The molecule has 9 heteroatoms. The predicted octanol–water partition coefficient (Wildman–Crippen LogP) is 4.89. The summed E-state index contributed by atoms with van der Waals surface area (Å²) in [7, 11) is 0. The normalized spacial score (nSPS) is 12.1. The largest absolute Gasteiger partial charge is 0.416 e. The molecule has 0 aliphatic rings. The van der Waals surface area contributed by atoms with Crippen LogP contribution >= 0.6 is 11.8 Å². The molecule has 0 unspecified atom stereocenters. The molecule has 2 rings (SSSR count). The molecule has 0 aliphatic carbocycles. The lowest BCUT2D eigenvalue weighted by molar-refractivity contribution is -0.137. The Bertz CT molecular complexity index is 792. The number of alkyl halides is 3. The van der Waals surface area contributed by atoms with Gasteiger partial charge in [0.25, 0.3) is 0 Å². The number of aromatic nitrogens is 1. The molecule has 0 saturated carbocycles. The molecule has 3 nitrogen and oxygen atoms in total. The first-order valence-corrected chi connectivity index (χ1v) is 7.79. The minimum atomic E-state index is -4.57. The number of anilines is 1. The van der Waals surface area contributed by atoms with Crippen molar-refractivity contribution in [1.82, 2.24) is 4.98 Å². The van der Waals surface area contributed by atoms with Crippen LogP contribution in [0.25, 0.3) is 0 Å². The summed E-state index contributed by atoms with van der Waals surface area (Å²) in [5.74, 6) is -2.53. The van der Waals surface area contributed by atoms with E-state index in [1.807, 2.05) is 0 Å². The van der Waals surface area contributed by atoms with Crippen molar-refractivity contribution in [1.29, 1.82) is 0 Å². The number of nitrogens with one attached hydrogen (secondary N) is 1. The highest BCUT2D eigenvalue weighted by Gasteiger charge is 2.33. The first kappa shape index (κ1) is 19.2. The van der Waals surface area contributed by atoms with E-state index in [4.69, 9.17) is 0 Å². The molecule has 1 heterocycles. The van der Waals surface area contributed by atoms with Crippen molar-refractivity contribution in [2.45, 2.75) is 29.7 Å². The van der Waals surface area contributed by atoms with Crippen LogP contribution in [0.15, 0.2) is 41.4 Å². The maximum atomic E-state index is 13.7. The summed E-state index contributed by atoms with van der Waals surface area (Å²) in [6, 6.07) is 4.41. The summed E-state index contributed by atoms with van der Waals surface area (Å²) in [6.45, 7) is 2.92. The molecule has 25 heavy (non-hydrogen) atoms. The van der Waals surface area contributed by atoms with Crippen LogP contribution in [0.4, 0.5) is 27.8 Å². The molecule has 0 fully saturated rings. The van der Waals surface area contributed by atoms with Gasteiger partial charge in [-0.2, -0.15) is 13.2 Å². The third-order valence-corrected chi connectivity index (χ3v) is 4.38. The van der Waals surface area contributed by atoms with E-state index in [-0.39, 0.29) is 10.7 Å². The van der Waals surface area contributed by atoms with Crippen molar-refractivity contribution < 1.29 is 26.7 Å². The summed E-state index contributed by atoms with van der Waals surface area (Å²) in [4.78, 5) is 16.0. The van der Waals surface area contributed by atoms with E-state index in [1.165, 1.54) is 19.9 Å². The molecule has 1 N–H and O–H groups in total.